The lowest BCUT2D eigenvalue weighted by atomic mass is 10.3. The molecular formula is C24H15FN4O3S2. The molecule has 0 aliphatic carbocycles. The molecule has 0 saturated carbocycles. The Balaban J connectivity index is 1.28. The molecule has 6 rings (SSSR count). The van der Waals surface area contributed by atoms with Crippen LogP contribution in [0.15, 0.2) is 65.5 Å². The molecule has 0 unspecified atom stereocenters. The van der Waals surface area contributed by atoms with E-state index < -0.39 is 5.97 Å². The molecule has 0 atom stereocenters. The molecule has 0 spiro atoms. The van der Waals surface area contributed by atoms with Gasteiger partial charge in [-0.2, -0.15) is 5.10 Å². The maximum absolute atomic E-state index is 13.3. The topological polar surface area (TPSA) is 78.5 Å². The monoisotopic (exact) mass is 490 g/mol. The molecule has 0 aliphatic heterocycles. The molecule has 0 amide bonds. The number of thiazole rings is 1. The third-order valence-electron chi connectivity index (χ3n) is 5.42. The van der Waals surface area contributed by atoms with Crippen molar-refractivity contribution >= 4 is 54.0 Å². The Morgan fingerprint density at radius 2 is 1.88 bits per heavy atom. The fourth-order valence-electron chi connectivity index (χ4n) is 3.81. The number of carbonyl (C=O) groups is 1. The quantitative estimate of drug-likeness (QED) is 0.321. The van der Waals surface area contributed by atoms with Crippen LogP contribution in [0.4, 0.5) is 4.39 Å². The summed E-state index contributed by atoms with van der Waals surface area (Å²) in [5, 5.41) is 5.33. The Morgan fingerprint density at radius 3 is 2.71 bits per heavy atom. The van der Waals surface area contributed by atoms with Crippen molar-refractivity contribution in [3.63, 3.8) is 0 Å². The van der Waals surface area contributed by atoms with E-state index in [2.05, 4.69) is 10.1 Å². The summed E-state index contributed by atoms with van der Waals surface area (Å²) in [5.41, 5.74) is 2.42. The molecule has 0 fully saturated rings. The average molecular weight is 491 g/mol. The van der Waals surface area contributed by atoms with E-state index in [0.29, 0.717) is 21.2 Å². The Hall–Kier alpha value is -3.89. The Kier molecular flexibility index (Phi) is 4.78. The number of carbonyl (C=O) groups excluding carboxylic acids is 1. The first kappa shape index (κ1) is 20.7. The van der Waals surface area contributed by atoms with Crippen molar-refractivity contribution in [2.45, 2.75) is 13.5 Å². The molecule has 6 aromatic rings. The lowest BCUT2D eigenvalue weighted by Crippen LogP contribution is -2.15. The molecule has 10 heteroatoms. The van der Waals surface area contributed by atoms with Gasteiger partial charge in [0.05, 0.1) is 27.3 Å². The number of hydrogen-bond acceptors (Lipinski definition) is 7. The van der Waals surface area contributed by atoms with Gasteiger partial charge >= 0.3 is 5.97 Å². The van der Waals surface area contributed by atoms with Gasteiger partial charge in [-0.3, -0.25) is 9.20 Å². The average Bonchev–Trinajstić information content (AvgIpc) is 3.51. The van der Waals surface area contributed by atoms with Gasteiger partial charge in [0.1, 0.15) is 22.1 Å². The van der Waals surface area contributed by atoms with Crippen LogP contribution in [0.3, 0.4) is 0 Å². The zero-order valence-electron chi connectivity index (χ0n) is 17.7. The van der Waals surface area contributed by atoms with Crippen LogP contribution in [-0.4, -0.2) is 25.1 Å². The van der Waals surface area contributed by atoms with Gasteiger partial charge in [0.25, 0.3) is 5.56 Å². The third kappa shape index (κ3) is 3.39. The van der Waals surface area contributed by atoms with Gasteiger partial charge < -0.3 is 4.74 Å². The number of esters is 1. The molecule has 0 N–H and O–H groups in total. The summed E-state index contributed by atoms with van der Waals surface area (Å²) in [6.45, 7) is 1.73. The Labute approximate surface area is 199 Å². The highest BCUT2D eigenvalue weighted by atomic mass is 32.1. The van der Waals surface area contributed by atoms with Crippen molar-refractivity contribution < 1.29 is 13.9 Å². The van der Waals surface area contributed by atoms with Crippen molar-refractivity contribution in [3.8, 4) is 5.69 Å². The second kappa shape index (κ2) is 7.86. The predicted octanol–water partition coefficient (Wildman–Crippen LogP) is 5.11. The fourth-order valence-corrected chi connectivity index (χ4v) is 5.94. The minimum absolute atomic E-state index is 0.115. The summed E-state index contributed by atoms with van der Waals surface area (Å²) in [4.78, 5) is 31.7. The summed E-state index contributed by atoms with van der Waals surface area (Å²) < 4.78 is 23.0. The first-order valence-electron chi connectivity index (χ1n) is 10.3. The predicted molar refractivity (Wildman–Crippen MR) is 130 cm³/mol. The van der Waals surface area contributed by atoms with Gasteiger partial charge in [0.2, 0.25) is 0 Å². The smallest absolute Gasteiger partial charge is 0.348 e. The number of thiophene rings is 1. The second-order valence-corrected chi connectivity index (χ2v) is 9.69. The minimum Gasteiger partial charge on any atom is -0.455 e. The van der Waals surface area contributed by atoms with E-state index in [4.69, 9.17) is 4.74 Å². The molecule has 0 saturated heterocycles. The van der Waals surface area contributed by atoms with Crippen LogP contribution in [0.5, 0.6) is 0 Å². The number of aryl methyl sites for hydroxylation is 1. The second-order valence-electron chi connectivity index (χ2n) is 7.65. The lowest BCUT2D eigenvalue weighted by molar-refractivity contribution is 0.0473. The number of benzene rings is 2. The van der Waals surface area contributed by atoms with E-state index in [1.54, 1.807) is 27.3 Å². The molecule has 34 heavy (non-hydrogen) atoms. The molecule has 0 bridgehead atoms. The van der Waals surface area contributed by atoms with Gasteiger partial charge in [-0.1, -0.05) is 23.5 Å². The normalized spacial score (nSPS) is 11.6. The summed E-state index contributed by atoms with van der Waals surface area (Å²) in [6.07, 6.45) is 0. The molecular weight excluding hydrogens is 475 g/mol. The minimum atomic E-state index is -0.510. The molecule has 7 nitrogen and oxygen atoms in total. The maximum atomic E-state index is 13.3. The highest BCUT2D eigenvalue weighted by Gasteiger charge is 2.19. The zero-order valence-corrected chi connectivity index (χ0v) is 19.3. The van der Waals surface area contributed by atoms with Crippen LogP contribution in [0.2, 0.25) is 0 Å². The first-order valence-corrected chi connectivity index (χ1v) is 11.9. The van der Waals surface area contributed by atoms with E-state index in [1.165, 1.54) is 40.9 Å². The first-order chi connectivity index (χ1) is 16.5. The summed E-state index contributed by atoms with van der Waals surface area (Å²) in [6, 6.07) is 16.7. The van der Waals surface area contributed by atoms with Crippen LogP contribution in [-0.2, 0) is 11.3 Å². The Morgan fingerprint density at radius 1 is 1.09 bits per heavy atom. The SMILES string of the molecule is Cc1nn(-c2ccc(F)cc2)c2sc(C(=O)OCc3cc(=O)n4c(n3)sc3ccccc34)cc12. The molecule has 2 aromatic carbocycles. The zero-order chi connectivity index (χ0) is 23.4. The van der Waals surface area contributed by atoms with Crippen molar-refractivity contribution in [1.29, 1.82) is 0 Å². The van der Waals surface area contributed by atoms with Crippen molar-refractivity contribution in [3.05, 3.63) is 93.1 Å². The number of ether oxygens (including phenoxy) is 1. The number of rotatable bonds is 4. The van der Waals surface area contributed by atoms with Gasteiger partial charge in [0, 0.05) is 11.5 Å². The maximum Gasteiger partial charge on any atom is 0.348 e. The third-order valence-corrected chi connectivity index (χ3v) is 7.53. The number of para-hydroxylation sites is 1. The molecule has 0 radical (unpaired) electrons. The molecule has 0 aliphatic rings. The summed E-state index contributed by atoms with van der Waals surface area (Å²) in [5.74, 6) is -0.842. The lowest BCUT2D eigenvalue weighted by Gasteiger charge is -2.04. The van der Waals surface area contributed by atoms with Crippen LogP contribution in [0, 0.1) is 12.7 Å². The number of nitrogens with zero attached hydrogens (tertiary/aromatic N) is 4. The number of hydrogen-bond donors (Lipinski definition) is 0. The van der Waals surface area contributed by atoms with Crippen LogP contribution < -0.4 is 5.56 Å². The van der Waals surface area contributed by atoms with Gasteiger partial charge in [0.15, 0.2) is 4.96 Å². The molecule has 168 valence electrons. The molecule has 4 aromatic heterocycles. The summed E-state index contributed by atoms with van der Waals surface area (Å²) in [7, 11) is 0. The van der Waals surface area contributed by atoms with E-state index in [9.17, 15) is 14.0 Å². The van der Waals surface area contributed by atoms with E-state index in [0.717, 1.165) is 26.1 Å². The van der Waals surface area contributed by atoms with Crippen LogP contribution in [0.25, 0.3) is 31.1 Å². The van der Waals surface area contributed by atoms with E-state index in [1.807, 2.05) is 31.2 Å². The van der Waals surface area contributed by atoms with Gasteiger partial charge in [-0.05, 0) is 49.4 Å². The van der Waals surface area contributed by atoms with Crippen LogP contribution >= 0.6 is 22.7 Å². The fraction of sp³-hybridized carbons (Fsp3) is 0.0833. The number of fused-ring (bicyclic) bond motifs is 4. The standard InChI is InChI=1S/C24H15FN4O3S2/c1-13-17-11-20(33-22(17)29(27-13)16-8-6-14(25)7-9-16)23(31)32-12-15-10-21(30)28-18-4-2-3-5-19(18)34-24(28)26-15/h2-11H,12H2,1H3. The van der Waals surface area contributed by atoms with Gasteiger partial charge in [-0.15, -0.1) is 11.3 Å². The highest BCUT2D eigenvalue weighted by Crippen LogP contribution is 2.31. The molecule has 4 heterocycles. The van der Waals surface area contributed by atoms with Crippen molar-refractivity contribution in [1.82, 2.24) is 19.2 Å². The largest absolute Gasteiger partial charge is 0.455 e. The van der Waals surface area contributed by atoms with E-state index in [-0.39, 0.29) is 18.0 Å². The Bertz CT molecular complexity index is 1780. The number of halogens is 1. The van der Waals surface area contributed by atoms with Crippen molar-refractivity contribution in [2.75, 3.05) is 0 Å². The van der Waals surface area contributed by atoms with Gasteiger partial charge in [-0.25, -0.2) is 18.9 Å². The number of aromatic nitrogens is 4. The van der Waals surface area contributed by atoms with Crippen LogP contribution in [0.1, 0.15) is 21.1 Å². The summed E-state index contributed by atoms with van der Waals surface area (Å²) >= 11 is 2.65. The van der Waals surface area contributed by atoms with E-state index >= 15 is 0 Å². The highest BCUT2D eigenvalue weighted by molar-refractivity contribution is 7.23. The van der Waals surface area contributed by atoms with Crippen molar-refractivity contribution in [2.24, 2.45) is 0 Å².